The van der Waals surface area contributed by atoms with Crippen LogP contribution < -0.4 is 5.32 Å². The summed E-state index contributed by atoms with van der Waals surface area (Å²) in [4.78, 5) is 27.2. The molecule has 4 rings (SSSR count). The molecule has 1 atom stereocenters. The second kappa shape index (κ2) is 9.17. The topological polar surface area (TPSA) is 89.4 Å². The van der Waals surface area contributed by atoms with Gasteiger partial charge >= 0.3 is 0 Å². The van der Waals surface area contributed by atoms with E-state index >= 15 is 0 Å². The summed E-state index contributed by atoms with van der Waals surface area (Å²) < 4.78 is 7.06. The first-order valence-electron chi connectivity index (χ1n) is 10.3. The van der Waals surface area contributed by atoms with Crippen LogP contribution >= 0.6 is 0 Å². The van der Waals surface area contributed by atoms with Crippen LogP contribution in [-0.4, -0.2) is 57.5 Å². The number of carbonyl (C=O) groups is 2. The van der Waals surface area contributed by atoms with Crippen molar-refractivity contribution in [2.45, 2.75) is 44.8 Å². The van der Waals surface area contributed by atoms with Crippen LogP contribution in [0.3, 0.4) is 0 Å². The van der Waals surface area contributed by atoms with Gasteiger partial charge in [-0.15, -0.1) is 5.10 Å². The van der Waals surface area contributed by atoms with Gasteiger partial charge in [0.1, 0.15) is 0 Å². The minimum Gasteiger partial charge on any atom is -0.381 e. The van der Waals surface area contributed by atoms with E-state index in [-0.39, 0.29) is 23.8 Å². The quantitative estimate of drug-likeness (QED) is 0.800. The van der Waals surface area contributed by atoms with Crippen LogP contribution in [0, 0.1) is 5.92 Å². The van der Waals surface area contributed by atoms with Crippen LogP contribution in [0.15, 0.2) is 36.5 Å². The third-order valence-corrected chi connectivity index (χ3v) is 5.70. The van der Waals surface area contributed by atoms with Gasteiger partial charge in [0, 0.05) is 32.2 Å². The van der Waals surface area contributed by atoms with Crippen LogP contribution in [-0.2, 0) is 22.6 Å². The summed E-state index contributed by atoms with van der Waals surface area (Å²) in [6.07, 6.45) is 5.22. The summed E-state index contributed by atoms with van der Waals surface area (Å²) in [5.41, 5.74) is 1.32. The SMILES string of the molecule is O=C(NCc1ccccc1)c1cn(C[C@@H]2CCCN2C(=O)C2CCOCC2)nn1. The minimum atomic E-state index is -0.248. The van der Waals surface area contributed by atoms with Gasteiger partial charge in [0.15, 0.2) is 5.69 Å². The van der Waals surface area contributed by atoms with E-state index in [2.05, 4.69) is 15.6 Å². The fraction of sp³-hybridized carbons (Fsp3) is 0.524. The van der Waals surface area contributed by atoms with E-state index in [4.69, 9.17) is 4.74 Å². The third-order valence-electron chi connectivity index (χ3n) is 5.70. The first-order valence-corrected chi connectivity index (χ1v) is 10.3. The summed E-state index contributed by atoms with van der Waals surface area (Å²) in [6, 6.07) is 9.84. The number of ether oxygens (including phenoxy) is 1. The zero-order chi connectivity index (χ0) is 20.1. The molecule has 8 nitrogen and oxygen atoms in total. The standard InChI is InChI=1S/C21H27N5O3/c27-20(22-13-16-5-2-1-3-6-16)19-15-25(24-23-19)14-18-7-4-10-26(18)21(28)17-8-11-29-12-9-17/h1-3,5-6,15,17-18H,4,7-14H2,(H,22,27)/t18-/m0/s1. The van der Waals surface area contributed by atoms with Crippen molar-refractivity contribution in [3.05, 3.63) is 47.8 Å². The summed E-state index contributed by atoms with van der Waals surface area (Å²) in [5, 5.41) is 11.0. The number of nitrogens with one attached hydrogen (secondary N) is 1. The number of likely N-dealkylation sites (tertiary alicyclic amines) is 1. The van der Waals surface area contributed by atoms with Crippen LogP contribution in [0.2, 0.25) is 0 Å². The number of carbonyl (C=O) groups excluding carboxylic acids is 2. The van der Waals surface area contributed by atoms with Crippen molar-refractivity contribution in [1.82, 2.24) is 25.2 Å². The highest BCUT2D eigenvalue weighted by Crippen LogP contribution is 2.25. The molecule has 1 N–H and O–H groups in total. The Kier molecular flexibility index (Phi) is 6.19. The highest BCUT2D eigenvalue weighted by Gasteiger charge is 2.34. The Morgan fingerprint density at radius 3 is 2.72 bits per heavy atom. The van der Waals surface area contributed by atoms with Gasteiger partial charge in [0.25, 0.3) is 5.91 Å². The highest BCUT2D eigenvalue weighted by atomic mass is 16.5. The van der Waals surface area contributed by atoms with E-state index in [0.29, 0.717) is 32.0 Å². The molecular weight excluding hydrogens is 370 g/mol. The Morgan fingerprint density at radius 1 is 1.14 bits per heavy atom. The molecule has 0 unspecified atom stereocenters. The van der Waals surface area contributed by atoms with Crippen LogP contribution in [0.25, 0.3) is 0 Å². The molecule has 2 amide bonds. The van der Waals surface area contributed by atoms with E-state index < -0.39 is 0 Å². The lowest BCUT2D eigenvalue weighted by atomic mass is 9.98. The smallest absolute Gasteiger partial charge is 0.273 e. The number of hydrogen-bond acceptors (Lipinski definition) is 5. The third kappa shape index (κ3) is 4.82. The molecule has 1 aromatic carbocycles. The van der Waals surface area contributed by atoms with Crippen molar-refractivity contribution in [1.29, 1.82) is 0 Å². The maximum Gasteiger partial charge on any atom is 0.273 e. The summed E-state index contributed by atoms with van der Waals surface area (Å²) in [5.74, 6) is 0.0535. The van der Waals surface area contributed by atoms with Gasteiger partial charge in [-0.3, -0.25) is 9.59 Å². The monoisotopic (exact) mass is 397 g/mol. The van der Waals surface area contributed by atoms with Crippen LogP contribution in [0.4, 0.5) is 0 Å². The molecule has 2 aromatic rings. The van der Waals surface area contributed by atoms with Crippen LogP contribution in [0.1, 0.15) is 41.7 Å². The van der Waals surface area contributed by atoms with Gasteiger partial charge in [0.05, 0.1) is 18.8 Å². The summed E-state index contributed by atoms with van der Waals surface area (Å²) >= 11 is 0. The molecule has 2 aliphatic heterocycles. The van der Waals surface area contributed by atoms with E-state index in [0.717, 1.165) is 37.8 Å². The van der Waals surface area contributed by atoms with Gasteiger partial charge < -0.3 is 15.0 Å². The number of nitrogens with zero attached hydrogens (tertiary/aromatic N) is 4. The lowest BCUT2D eigenvalue weighted by Gasteiger charge is -2.30. The molecule has 1 aromatic heterocycles. The van der Waals surface area contributed by atoms with Gasteiger partial charge in [-0.25, -0.2) is 4.68 Å². The maximum atomic E-state index is 12.9. The van der Waals surface area contributed by atoms with Crippen molar-refractivity contribution in [3.8, 4) is 0 Å². The molecule has 0 aliphatic carbocycles. The molecule has 154 valence electrons. The molecule has 8 heteroatoms. The van der Waals surface area contributed by atoms with Crippen molar-refractivity contribution < 1.29 is 14.3 Å². The Morgan fingerprint density at radius 2 is 1.93 bits per heavy atom. The average Bonchev–Trinajstić information content (AvgIpc) is 3.43. The molecule has 0 saturated carbocycles. The van der Waals surface area contributed by atoms with Crippen molar-refractivity contribution in [2.24, 2.45) is 5.92 Å². The van der Waals surface area contributed by atoms with Crippen molar-refractivity contribution in [2.75, 3.05) is 19.8 Å². The van der Waals surface area contributed by atoms with Gasteiger partial charge in [-0.1, -0.05) is 35.5 Å². The van der Waals surface area contributed by atoms with E-state index in [9.17, 15) is 9.59 Å². The number of amides is 2. The van der Waals surface area contributed by atoms with Gasteiger partial charge in [-0.2, -0.15) is 0 Å². The number of aromatic nitrogens is 3. The second-order valence-electron chi connectivity index (χ2n) is 7.71. The van der Waals surface area contributed by atoms with Crippen molar-refractivity contribution >= 4 is 11.8 Å². The molecule has 0 radical (unpaired) electrons. The molecular formula is C21H27N5O3. The molecule has 29 heavy (non-hydrogen) atoms. The molecule has 2 aliphatic rings. The Labute approximate surface area is 170 Å². The van der Waals surface area contributed by atoms with Gasteiger partial charge in [-0.05, 0) is 31.2 Å². The fourth-order valence-corrected chi connectivity index (χ4v) is 4.07. The Bertz CT molecular complexity index is 832. The number of benzene rings is 1. The lowest BCUT2D eigenvalue weighted by Crippen LogP contribution is -2.43. The second-order valence-corrected chi connectivity index (χ2v) is 7.71. The van der Waals surface area contributed by atoms with E-state index in [1.165, 1.54) is 0 Å². The molecule has 2 saturated heterocycles. The molecule has 0 spiro atoms. The highest BCUT2D eigenvalue weighted by molar-refractivity contribution is 5.91. The van der Waals surface area contributed by atoms with Crippen molar-refractivity contribution in [3.63, 3.8) is 0 Å². The van der Waals surface area contributed by atoms with Crippen LogP contribution in [0.5, 0.6) is 0 Å². The predicted octanol–water partition coefficient (Wildman–Crippen LogP) is 1.63. The summed E-state index contributed by atoms with van der Waals surface area (Å²) in [6.45, 7) is 3.13. The maximum absolute atomic E-state index is 12.9. The average molecular weight is 397 g/mol. The van der Waals surface area contributed by atoms with Gasteiger partial charge in [0.2, 0.25) is 5.91 Å². The first-order chi connectivity index (χ1) is 14.2. The molecule has 2 fully saturated rings. The van der Waals surface area contributed by atoms with E-state index in [1.807, 2.05) is 35.2 Å². The minimum absolute atomic E-state index is 0.0689. The normalized spacial score (nSPS) is 20.0. The lowest BCUT2D eigenvalue weighted by molar-refractivity contribution is -0.139. The first kappa shape index (κ1) is 19.6. The van der Waals surface area contributed by atoms with E-state index in [1.54, 1.807) is 10.9 Å². The Balaban J connectivity index is 1.33. The largest absolute Gasteiger partial charge is 0.381 e. The number of hydrogen-bond donors (Lipinski definition) is 1. The predicted molar refractivity (Wildman–Crippen MR) is 106 cm³/mol. The Hall–Kier alpha value is -2.74. The molecule has 0 bridgehead atoms. The number of rotatable bonds is 6. The fourth-order valence-electron chi connectivity index (χ4n) is 4.07. The zero-order valence-electron chi connectivity index (χ0n) is 16.5. The zero-order valence-corrected chi connectivity index (χ0v) is 16.5. The summed E-state index contributed by atoms with van der Waals surface area (Å²) in [7, 11) is 0. The molecule has 3 heterocycles.